The zero-order valence-electron chi connectivity index (χ0n) is 11.6. The number of hydrogen-bond donors (Lipinski definition) is 2. The molecule has 0 spiro atoms. The molecule has 7 heteroatoms. The first-order chi connectivity index (χ1) is 10.0. The third kappa shape index (κ3) is 3.91. The van der Waals surface area contributed by atoms with Crippen molar-refractivity contribution < 1.29 is 9.31 Å². The molecule has 1 atom stereocenters. The summed E-state index contributed by atoms with van der Waals surface area (Å²) in [5, 5.41) is 14.2. The van der Waals surface area contributed by atoms with Crippen LogP contribution in [0.1, 0.15) is 32.1 Å². The van der Waals surface area contributed by atoms with E-state index in [-0.39, 0.29) is 21.9 Å². The van der Waals surface area contributed by atoms with E-state index in [0.717, 1.165) is 31.7 Å². The SMILES string of the molecule is NCC(Nc1cc(F)c(Br)cc1[N+](=O)[O-])C1CCCCC1. The third-order valence-corrected chi connectivity index (χ3v) is 4.66. The molecular formula is C14H19BrFN3O2. The first-order valence-corrected chi connectivity index (χ1v) is 7.92. The molecule has 1 fully saturated rings. The van der Waals surface area contributed by atoms with Crippen molar-refractivity contribution in [3.63, 3.8) is 0 Å². The van der Waals surface area contributed by atoms with E-state index < -0.39 is 10.7 Å². The van der Waals surface area contributed by atoms with E-state index in [0.29, 0.717) is 12.5 Å². The number of benzene rings is 1. The van der Waals surface area contributed by atoms with Gasteiger partial charge in [-0.2, -0.15) is 0 Å². The molecule has 0 radical (unpaired) electrons. The highest BCUT2D eigenvalue weighted by Crippen LogP contribution is 2.33. The number of hydrogen-bond acceptors (Lipinski definition) is 4. The van der Waals surface area contributed by atoms with Crippen LogP contribution in [-0.4, -0.2) is 17.5 Å². The lowest BCUT2D eigenvalue weighted by Crippen LogP contribution is -2.37. The van der Waals surface area contributed by atoms with E-state index in [1.165, 1.54) is 12.5 Å². The lowest BCUT2D eigenvalue weighted by Gasteiger charge is -2.30. The largest absolute Gasteiger partial charge is 0.375 e. The average molecular weight is 360 g/mol. The van der Waals surface area contributed by atoms with Gasteiger partial charge in [-0.1, -0.05) is 19.3 Å². The van der Waals surface area contributed by atoms with Crippen LogP contribution in [0, 0.1) is 21.8 Å². The van der Waals surface area contributed by atoms with Crippen molar-refractivity contribution in [3.05, 3.63) is 32.5 Å². The standard InChI is InChI=1S/C14H19BrFN3O2/c15-10-6-14(19(20)21)12(7-11(10)16)18-13(8-17)9-4-2-1-3-5-9/h6-7,9,13,18H,1-5,8,17H2. The molecule has 1 aromatic rings. The number of nitrogens with two attached hydrogens (primary N) is 1. The summed E-state index contributed by atoms with van der Waals surface area (Å²) in [6, 6.07) is 2.28. The monoisotopic (exact) mass is 359 g/mol. The van der Waals surface area contributed by atoms with Gasteiger partial charge in [-0.3, -0.25) is 10.1 Å². The van der Waals surface area contributed by atoms with Gasteiger partial charge >= 0.3 is 0 Å². The summed E-state index contributed by atoms with van der Waals surface area (Å²) in [5.41, 5.74) is 5.87. The average Bonchev–Trinajstić information content (AvgIpc) is 2.48. The molecule has 1 unspecified atom stereocenters. The second-order valence-electron chi connectivity index (χ2n) is 5.43. The smallest absolute Gasteiger partial charge is 0.293 e. The molecule has 0 amide bonds. The summed E-state index contributed by atoms with van der Waals surface area (Å²) in [5.74, 6) is -0.141. The van der Waals surface area contributed by atoms with Crippen molar-refractivity contribution in [2.45, 2.75) is 38.1 Å². The highest BCUT2D eigenvalue weighted by Gasteiger charge is 2.26. The Balaban J connectivity index is 2.23. The molecule has 1 aliphatic carbocycles. The van der Waals surface area contributed by atoms with Crippen LogP contribution in [0.3, 0.4) is 0 Å². The van der Waals surface area contributed by atoms with Crippen LogP contribution in [-0.2, 0) is 0 Å². The molecule has 2 rings (SSSR count). The number of rotatable bonds is 5. The van der Waals surface area contributed by atoms with Crippen molar-refractivity contribution in [1.29, 1.82) is 0 Å². The normalized spacial score (nSPS) is 17.5. The minimum absolute atomic E-state index is 0.0652. The Labute approximate surface area is 131 Å². The molecule has 0 aliphatic heterocycles. The Morgan fingerprint density at radius 3 is 2.67 bits per heavy atom. The van der Waals surface area contributed by atoms with Gasteiger partial charge in [0, 0.05) is 24.7 Å². The van der Waals surface area contributed by atoms with Crippen molar-refractivity contribution in [2.75, 3.05) is 11.9 Å². The van der Waals surface area contributed by atoms with Crippen LogP contribution in [0.4, 0.5) is 15.8 Å². The highest BCUT2D eigenvalue weighted by atomic mass is 79.9. The van der Waals surface area contributed by atoms with Crippen molar-refractivity contribution in [2.24, 2.45) is 11.7 Å². The van der Waals surface area contributed by atoms with E-state index in [9.17, 15) is 14.5 Å². The van der Waals surface area contributed by atoms with Crippen LogP contribution in [0.5, 0.6) is 0 Å². The van der Waals surface area contributed by atoms with Gasteiger partial charge in [0.05, 0.1) is 9.40 Å². The molecule has 3 N–H and O–H groups in total. The van der Waals surface area contributed by atoms with Crippen LogP contribution in [0.2, 0.25) is 0 Å². The molecular weight excluding hydrogens is 341 g/mol. The number of nitro benzene ring substituents is 1. The molecule has 5 nitrogen and oxygen atoms in total. The number of nitrogens with one attached hydrogen (secondary N) is 1. The second kappa shape index (κ2) is 7.17. The lowest BCUT2D eigenvalue weighted by molar-refractivity contribution is -0.384. The van der Waals surface area contributed by atoms with Gasteiger partial charge in [-0.15, -0.1) is 0 Å². The number of anilines is 1. The van der Waals surface area contributed by atoms with Gasteiger partial charge in [-0.25, -0.2) is 4.39 Å². The Hall–Kier alpha value is -1.21. The van der Waals surface area contributed by atoms with Gasteiger partial charge in [-0.05, 0) is 34.7 Å². The first kappa shape index (κ1) is 16.2. The zero-order valence-corrected chi connectivity index (χ0v) is 13.2. The van der Waals surface area contributed by atoms with Crippen LogP contribution in [0.25, 0.3) is 0 Å². The number of nitro groups is 1. The van der Waals surface area contributed by atoms with E-state index in [1.807, 2.05) is 0 Å². The van der Waals surface area contributed by atoms with Crippen LogP contribution in [0.15, 0.2) is 16.6 Å². The Morgan fingerprint density at radius 2 is 2.10 bits per heavy atom. The Bertz CT molecular complexity index is 521. The molecule has 1 aliphatic rings. The van der Waals surface area contributed by atoms with Crippen LogP contribution < -0.4 is 11.1 Å². The molecule has 1 aromatic carbocycles. The molecule has 0 heterocycles. The van der Waals surface area contributed by atoms with Crippen molar-refractivity contribution in [3.8, 4) is 0 Å². The van der Waals surface area contributed by atoms with Crippen molar-refractivity contribution in [1.82, 2.24) is 0 Å². The van der Waals surface area contributed by atoms with Gasteiger partial charge in [0.15, 0.2) is 0 Å². The second-order valence-corrected chi connectivity index (χ2v) is 6.28. The summed E-state index contributed by atoms with van der Waals surface area (Å²) in [4.78, 5) is 10.6. The topological polar surface area (TPSA) is 81.2 Å². The fraction of sp³-hybridized carbons (Fsp3) is 0.571. The number of halogens is 2. The van der Waals surface area contributed by atoms with E-state index in [2.05, 4.69) is 21.2 Å². The minimum Gasteiger partial charge on any atom is -0.375 e. The maximum atomic E-state index is 13.7. The van der Waals surface area contributed by atoms with E-state index >= 15 is 0 Å². The molecule has 116 valence electrons. The van der Waals surface area contributed by atoms with Gasteiger partial charge in [0.25, 0.3) is 5.69 Å². The summed E-state index contributed by atoms with van der Waals surface area (Å²) >= 11 is 2.98. The highest BCUT2D eigenvalue weighted by molar-refractivity contribution is 9.10. The summed E-state index contributed by atoms with van der Waals surface area (Å²) in [7, 11) is 0. The fourth-order valence-electron chi connectivity index (χ4n) is 2.91. The Morgan fingerprint density at radius 1 is 1.43 bits per heavy atom. The first-order valence-electron chi connectivity index (χ1n) is 7.13. The molecule has 0 saturated heterocycles. The van der Waals surface area contributed by atoms with E-state index in [1.54, 1.807) is 0 Å². The predicted molar refractivity (Wildman–Crippen MR) is 83.8 cm³/mol. The summed E-state index contributed by atoms with van der Waals surface area (Å²) in [6.07, 6.45) is 5.64. The maximum Gasteiger partial charge on any atom is 0.293 e. The fourth-order valence-corrected chi connectivity index (χ4v) is 3.24. The Kier molecular flexibility index (Phi) is 5.52. The summed E-state index contributed by atoms with van der Waals surface area (Å²) in [6.45, 7) is 0.375. The maximum absolute atomic E-state index is 13.7. The van der Waals surface area contributed by atoms with Crippen molar-refractivity contribution >= 4 is 27.3 Å². The van der Waals surface area contributed by atoms with Gasteiger partial charge in [0.1, 0.15) is 11.5 Å². The number of nitrogens with zero attached hydrogens (tertiary/aromatic N) is 1. The lowest BCUT2D eigenvalue weighted by atomic mass is 9.84. The zero-order chi connectivity index (χ0) is 15.4. The molecule has 21 heavy (non-hydrogen) atoms. The molecule has 0 aromatic heterocycles. The quantitative estimate of drug-likeness (QED) is 0.618. The molecule has 1 saturated carbocycles. The van der Waals surface area contributed by atoms with E-state index in [4.69, 9.17) is 5.73 Å². The van der Waals surface area contributed by atoms with Gasteiger partial charge in [0.2, 0.25) is 0 Å². The molecule has 0 bridgehead atoms. The summed E-state index contributed by atoms with van der Waals surface area (Å²) < 4.78 is 13.8. The third-order valence-electron chi connectivity index (χ3n) is 4.05. The van der Waals surface area contributed by atoms with Gasteiger partial charge < -0.3 is 11.1 Å². The minimum atomic E-state index is -0.525. The van der Waals surface area contributed by atoms with Crippen LogP contribution >= 0.6 is 15.9 Å². The predicted octanol–water partition coefficient (Wildman–Crippen LogP) is 3.82.